The van der Waals surface area contributed by atoms with E-state index in [9.17, 15) is 23.7 Å². The lowest BCUT2D eigenvalue weighted by atomic mass is 10.5. The van der Waals surface area contributed by atoms with E-state index < -0.39 is 50.9 Å². The lowest BCUT2D eigenvalue weighted by Gasteiger charge is -2.17. The third kappa shape index (κ3) is 11.5. The number of carbonyl (C=O) groups is 2. The molecule has 0 aliphatic carbocycles. The summed E-state index contributed by atoms with van der Waals surface area (Å²) in [5.41, 5.74) is -1.21. The fourth-order valence-electron chi connectivity index (χ4n) is 1.79. The monoisotopic (exact) mass is 478 g/mol. The molecule has 1 aromatic rings. The number of nitrogens with one attached hydrogen (secondary N) is 1. The molecule has 0 radical (unpaired) electrons. The summed E-state index contributed by atoms with van der Waals surface area (Å²) < 4.78 is 42.7. The molecule has 0 spiro atoms. The Labute approximate surface area is 183 Å². The third-order valence-electron chi connectivity index (χ3n) is 3.28. The standard InChI is InChI=1S/C18H27N2O11P/c1-13(2)26-11-28-17(23)30-32(25,31-18(24)29-12-27-14(3)4)10-6-5-8-20-9-7-15(21)19-16(20)22/h5-7,9,13-14H,8,10-12H2,1-4H3,(H,19,21,22)/b6-5+. The summed E-state index contributed by atoms with van der Waals surface area (Å²) in [4.78, 5) is 48.4. The minimum absolute atomic E-state index is 0.00500. The zero-order valence-electron chi connectivity index (χ0n) is 18.2. The van der Waals surface area contributed by atoms with E-state index in [1.165, 1.54) is 18.3 Å². The largest absolute Gasteiger partial charge is 0.517 e. The molecule has 0 aromatic carbocycles. The van der Waals surface area contributed by atoms with Gasteiger partial charge < -0.3 is 28.0 Å². The summed E-state index contributed by atoms with van der Waals surface area (Å²) >= 11 is 0. The zero-order valence-corrected chi connectivity index (χ0v) is 19.1. The van der Waals surface area contributed by atoms with Gasteiger partial charge in [0.2, 0.25) is 0 Å². The molecule has 0 aliphatic heterocycles. The molecule has 180 valence electrons. The number of hydrogen-bond acceptors (Lipinski definition) is 11. The number of aromatic amines is 1. The van der Waals surface area contributed by atoms with E-state index in [0.717, 1.165) is 10.6 Å². The maximum Gasteiger partial charge on any atom is 0.517 e. The van der Waals surface area contributed by atoms with E-state index in [1.807, 2.05) is 0 Å². The third-order valence-corrected chi connectivity index (χ3v) is 4.79. The number of ether oxygens (including phenoxy) is 4. The van der Waals surface area contributed by atoms with Crippen LogP contribution in [0.5, 0.6) is 0 Å². The number of carbonyl (C=O) groups excluding carboxylic acids is 2. The normalized spacial score (nSPS) is 11.7. The van der Waals surface area contributed by atoms with Crippen LogP contribution >= 0.6 is 7.60 Å². The molecule has 0 unspecified atom stereocenters. The van der Waals surface area contributed by atoms with Crippen molar-refractivity contribution in [3.8, 4) is 0 Å². The Balaban J connectivity index is 2.77. The van der Waals surface area contributed by atoms with Gasteiger partial charge in [0, 0.05) is 18.8 Å². The van der Waals surface area contributed by atoms with Gasteiger partial charge >= 0.3 is 25.6 Å². The van der Waals surface area contributed by atoms with Gasteiger partial charge in [0.15, 0.2) is 13.6 Å². The van der Waals surface area contributed by atoms with E-state index >= 15 is 0 Å². The van der Waals surface area contributed by atoms with Gasteiger partial charge in [-0.3, -0.25) is 14.3 Å². The van der Waals surface area contributed by atoms with Gasteiger partial charge in [-0.2, -0.15) is 0 Å². The quantitative estimate of drug-likeness (QED) is 0.203. The van der Waals surface area contributed by atoms with E-state index in [1.54, 1.807) is 27.7 Å². The molecule has 0 saturated carbocycles. The SMILES string of the molecule is CC(C)OCOC(=O)OP(=O)(C/C=C/Cn1ccc(=O)[nH]c1=O)OC(=O)OCOC(C)C. The number of H-pyrrole nitrogens is 1. The van der Waals surface area contributed by atoms with Crippen molar-refractivity contribution in [2.45, 2.75) is 46.4 Å². The molecule has 32 heavy (non-hydrogen) atoms. The van der Waals surface area contributed by atoms with Crippen molar-refractivity contribution >= 4 is 19.9 Å². The molecule has 13 nitrogen and oxygen atoms in total. The van der Waals surface area contributed by atoms with E-state index in [0.29, 0.717) is 0 Å². The zero-order chi connectivity index (χ0) is 24.1. The maximum absolute atomic E-state index is 12.9. The lowest BCUT2D eigenvalue weighted by Crippen LogP contribution is -2.28. The van der Waals surface area contributed by atoms with Crippen molar-refractivity contribution in [2.75, 3.05) is 19.7 Å². The molecule has 0 atom stereocenters. The summed E-state index contributed by atoms with van der Waals surface area (Å²) in [5, 5.41) is 0. The first kappa shape index (κ1) is 27.1. The highest BCUT2D eigenvalue weighted by Crippen LogP contribution is 2.49. The Morgan fingerprint density at radius 2 is 1.53 bits per heavy atom. The molecule has 1 rings (SSSR count). The van der Waals surface area contributed by atoms with Crippen LogP contribution in [0.15, 0.2) is 34.0 Å². The van der Waals surface area contributed by atoms with Crippen LogP contribution in [0, 0.1) is 0 Å². The van der Waals surface area contributed by atoms with Crippen LogP contribution in [0.2, 0.25) is 0 Å². The summed E-state index contributed by atoms with van der Waals surface area (Å²) in [6.45, 7) is 5.89. The second-order valence-electron chi connectivity index (χ2n) is 6.67. The molecule has 1 N–H and O–H groups in total. The van der Waals surface area contributed by atoms with Gasteiger partial charge in [-0.15, -0.1) is 0 Å². The molecular weight excluding hydrogens is 451 g/mol. The smallest absolute Gasteiger partial charge is 0.407 e. The van der Waals surface area contributed by atoms with Crippen LogP contribution in [-0.4, -0.2) is 53.8 Å². The highest BCUT2D eigenvalue weighted by molar-refractivity contribution is 7.55. The molecule has 0 saturated heterocycles. The van der Waals surface area contributed by atoms with Crippen molar-refractivity contribution in [1.29, 1.82) is 0 Å². The predicted octanol–water partition coefficient (Wildman–Crippen LogP) is 2.36. The van der Waals surface area contributed by atoms with Gasteiger partial charge in [0.1, 0.15) is 0 Å². The minimum atomic E-state index is -4.39. The Morgan fingerprint density at radius 3 is 2.00 bits per heavy atom. The second kappa shape index (κ2) is 13.5. The maximum atomic E-state index is 12.9. The number of aromatic nitrogens is 2. The molecule has 1 aromatic heterocycles. The first-order chi connectivity index (χ1) is 15.0. The molecular formula is C18H27N2O11P. The Hall–Kier alpha value is -2.89. The Morgan fingerprint density at radius 1 is 1.00 bits per heavy atom. The number of hydrogen-bond donors (Lipinski definition) is 1. The van der Waals surface area contributed by atoms with E-state index in [4.69, 9.17) is 18.5 Å². The van der Waals surface area contributed by atoms with Crippen LogP contribution in [0.3, 0.4) is 0 Å². The summed E-state index contributed by atoms with van der Waals surface area (Å²) in [5.74, 6) is 0. The molecule has 14 heteroatoms. The van der Waals surface area contributed by atoms with E-state index in [-0.39, 0.29) is 18.8 Å². The average Bonchev–Trinajstić information content (AvgIpc) is 2.65. The molecule has 1 heterocycles. The molecule has 0 aliphatic rings. The first-order valence-electron chi connectivity index (χ1n) is 9.50. The van der Waals surface area contributed by atoms with Gasteiger partial charge in [-0.25, -0.2) is 18.9 Å². The van der Waals surface area contributed by atoms with Crippen LogP contribution in [0.1, 0.15) is 27.7 Å². The van der Waals surface area contributed by atoms with Crippen molar-refractivity contribution in [3.05, 3.63) is 45.3 Å². The van der Waals surface area contributed by atoms with Gasteiger partial charge in [-0.1, -0.05) is 12.2 Å². The van der Waals surface area contributed by atoms with Gasteiger partial charge in [0.05, 0.1) is 18.4 Å². The van der Waals surface area contributed by atoms with Crippen LogP contribution in [0.25, 0.3) is 0 Å². The van der Waals surface area contributed by atoms with Crippen molar-refractivity contribution in [1.82, 2.24) is 9.55 Å². The van der Waals surface area contributed by atoms with Crippen LogP contribution in [0.4, 0.5) is 9.59 Å². The fraction of sp³-hybridized carbons (Fsp3) is 0.556. The number of nitrogens with zero attached hydrogens (tertiary/aromatic N) is 1. The predicted molar refractivity (Wildman–Crippen MR) is 110 cm³/mol. The highest BCUT2D eigenvalue weighted by Gasteiger charge is 2.33. The Bertz CT molecular complexity index is 903. The molecule has 0 fully saturated rings. The van der Waals surface area contributed by atoms with E-state index in [2.05, 4.69) is 14.5 Å². The minimum Gasteiger partial charge on any atom is -0.407 e. The van der Waals surface area contributed by atoms with Crippen molar-refractivity contribution < 1.29 is 42.1 Å². The summed E-state index contributed by atoms with van der Waals surface area (Å²) in [6, 6.07) is 1.15. The summed E-state index contributed by atoms with van der Waals surface area (Å²) in [6.07, 6.45) is 0.132. The highest BCUT2D eigenvalue weighted by atomic mass is 31.2. The second-order valence-corrected chi connectivity index (χ2v) is 8.62. The molecule has 0 bridgehead atoms. The Kier molecular flexibility index (Phi) is 11.5. The first-order valence-corrected chi connectivity index (χ1v) is 11.2. The topological polar surface area (TPSA) is 161 Å². The van der Waals surface area contributed by atoms with Crippen molar-refractivity contribution in [2.24, 2.45) is 0 Å². The fourth-order valence-corrected chi connectivity index (χ4v) is 2.94. The average molecular weight is 478 g/mol. The number of allylic oxidation sites excluding steroid dienone is 2. The molecule has 0 amide bonds. The lowest BCUT2D eigenvalue weighted by molar-refractivity contribution is -0.0602. The number of rotatable bonds is 12. The summed E-state index contributed by atoms with van der Waals surface area (Å²) in [7, 11) is -4.39. The van der Waals surface area contributed by atoms with Crippen LogP contribution < -0.4 is 11.2 Å². The van der Waals surface area contributed by atoms with Crippen LogP contribution in [-0.2, 0) is 39.1 Å². The van der Waals surface area contributed by atoms with Gasteiger partial charge in [0.25, 0.3) is 5.56 Å². The van der Waals surface area contributed by atoms with Gasteiger partial charge in [-0.05, 0) is 27.7 Å². The van der Waals surface area contributed by atoms with Crippen molar-refractivity contribution in [3.63, 3.8) is 0 Å².